The fraction of sp³-hybridized carbons (Fsp3) is 1.00. The monoisotopic (exact) mass is 256 g/mol. The highest BCUT2D eigenvalue weighted by Crippen LogP contribution is 2.44. The van der Waals surface area contributed by atoms with E-state index in [4.69, 9.17) is 11.6 Å². The molecule has 2 fully saturated rings. The maximum absolute atomic E-state index is 6.68. The van der Waals surface area contributed by atoms with E-state index in [1.807, 2.05) is 0 Å². The molecule has 0 spiro atoms. The number of alkyl halides is 1. The average Bonchev–Trinajstić information content (AvgIpc) is 2.31. The van der Waals surface area contributed by atoms with Crippen molar-refractivity contribution < 1.29 is 0 Å². The third-order valence-corrected chi connectivity index (χ3v) is 5.80. The summed E-state index contributed by atoms with van der Waals surface area (Å²) in [5.74, 6) is 3.70. The van der Waals surface area contributed by atoms with Crippen molar-refractivity contribution in [2.24, 2.45) is 23.7 Å². The molecule has 0 aromatic rings. The molecule has 3 atom stereocenters. The van der Waals surface area contributed by atoms with Crippen LogP contribution in [0.1, 0.15) is 71.6 Å². The molecule has 0 saturated heterocycles. The molecule has 0 amide bonds. The summed E-state index contributed by atoms with van der Waals surface area (Å²) in [5, 5.41) is 0.485. The van der Waals surface area contributed by atoms with Crippen molar-refractivity contribution in [1.29, 1.82) is 0 Å². The van der Waals surface area contributed by atoms with Crippen LogP contribution in [0.4, 0.5) is 0 Å². The highest BCUT2D eigenvalue weighted by atomic mass is 35.5. The van der Waals surface area contributed by atoms with Gasteiger partial charge in [0.25, 0.3) is 0 Å². The van der Waals surface area contributed by atoms with Gasteiger partial charge in [-0.25, -0.2) is 0 Å². The van der Waals surface area contributed by atoms with Gasteiger partial charge in [-0.2, -0.15) is 0 Å². The Kier molecular flexibility index (Phi) is 5.21. The van der Waals surface area contributed by atoms with Crippen LogP contribution >= 0.6 is 11.6 Å². The van der Waals surface area contributed by atoms with E-state index < -0.39 is 0 Å². The van der Waals surface area contributed by atoms with E-state index in [1.54, 1.807) is 0 Å². The third-order valence-electron chi connectivity index (χ3n) is 5.29. The number of hydrogen-bond acceptors (Lipinski definition) is 0. The van der Waals surface area contributed by atoms with Gasteiger partial charge in [0, 0.05) is 5.38 Å². The predicted molar refractivity (Wildman–Crippen MR) is 76.5 cm³/mol. The zero-order valence-electron chi connectivity index (χ0n) is 11.6. The molecular formula is C16H29Cl. The maximum Gasteiger partial charge on any atom is 0.0369 e. The summed E-state index contributed by atoms with van der Waals surface area (Å²) >= 11 is 6.68. The SMILES string of the molecule is CCCC1CCC(C2CCC(C)CC2)C(Cl)C1. The molecule has 0 radical (unpaired) electrons. The molecule has 0 aromatic carbocycles. The second-order valence-corrected chi connectivity index (χ2v) is 7.23. The smallest absolute Gasteiger partial charge is 0.0369 e. The van der Waals surface area contributed by atoms with Gasteiger partial charge < -0.3 is 0 Å². The van der Waals surface area contributed by atoms with Crippen molar-refractivity contribution >= 4 is 11.6 Å². The zero-order valence-corrected chi connectivity index (χ0v) is 12.4. The summed E-state index contributed by atoms with van der Waals surface area (Å²) in [5.41, 5.74) is 0. The Morgan fingerprint density at radius 2 is 1.71 bits per heavy atom. The fourth-order valence-electron chi connectivity index (χ4n) is 4.14. The lowest BCUT2D eigenvalue weighted by atomic mass is 9.68. The van der Waals surface area contributed by atoms with Crippen LogP contribution in [0.25, 0.3) is 0 Å². The Labute approximate surface area is 113 Å². The van der Waals surface area contributed by atoms with Gasteiger partial charge in [0.05, 0.1) is 0 Å². The minimum absolute atomic E-state index is 0.485. The van der Waals surface area contributed by atoms with Crippen LogP contribution < -0.4 is 0 Å². The molecule has 0 aromatic heterocycles. The normalized spacial score (nSPS) is 43.6. The standard InChI is InChI=1S/C16H29Cl/c1-3-4-13-7-10-15(16(17)11-13)14-8-5-12(2)6-9-14/h12-16H,3-11H2,1-2H3. The van der Waals surface area contributed by atoms with Crippen LogP contribution in [0, 0.1) is 23.7 Å². The van der Waals surface area contributed by atoms with E-state index >= 15 is 0 Å². The van der Waals surface area contributed by atoms with Gasteiger partial charge in [0.1, 0.15) is 0 Å². The Morgan fingerprint density at radius 1 is 1.00 bits per heavy atom. The number of hydrogen-bond donors (Lipinski definition) is 0. The Balaban J connectivity index is 1.82. The van der Waals surface area contributed by atoms with Crippen LogP contribution in [0.2, 0.25) is 0 Å². The minimum Gasteiger partial charge on any atom is -0.123 e. The molecule has 2 saturated carbocycles. The molecule has 0 aliphatic heterocycles. The second-order valence-electron chi connectivity index (χ2n) is 6.67. The van der Waals surface area contributed by atoms with Gasteiger partial charge in [-0.15, -0.1) is 11.6 Å². The molecular weight excluding hydrogens is 228 g/mol. The van der Waals surface area contributed by atoms with Crippen LogP contribution in [0.5, 0.6) is 0 Å². The zero-order chi connectivity index (χ0) is 12.3. The van der Waals surface area contributed by atoms with E-state index in [9.17, 15) is 0 Å². The first-order chi connectivity index (χ1) is 8.20. The molecule has 0 bridgehead atoms. The van der Waals surface area contributed by atoms with Crippen LogP contribution in [-0.2, 0) is 0 Å². The van der Waals surface area contributed by atoms with Crippen molar-refractivity contribution in [3.05, 3.63) is 0 Å². The molecule has 17 heavy (non-hydrogen) atoms. The largest absolute Gasteiger partial charge is 0.123 e. The summed E-state index contributed by atoms with van der Waals surface area (Å²) in [7, 11) is 0. The van der Waals surface area contributed by atoms with Crippen molar-refractivity contribution in [3.63, 3.8) is 0 Å². The number of rotatable bonds is 3. The highest BCUT2D eigenvalue weighted by molar-refractivity contribution is 6.20. The molecule has 2 rings (SSSR count). The second kappa shape index (κ2) is 6.45. The van der Waals surface area contributed by atoms with Gasteiger partial charge >= 0.3 is 0 Å². The topological polar surface area (TPSA) is 0 Å². The number of halogens is 1. The maximum atomic E-state index is 6.68. The van der Waals surface area contributed by atoms with Gasteiger partial charge in [-0.05, 0) is 49.4 Å². The molecule has 100 valence electrons. The van der Waals surface area contributed by atoms with Crippen molar-refractivity contribution in [2.45, 2.75) is 77.0 Å². The molecule has 3 unspecified atom stereocenters. The molecule has 2 aliphatic carbocycles. The van der Waals surface area contributed by atoms with Crippen molar-refractivity contribution in [2.75, 3.05) is 0 Å². The van der Waals surface area contributed by atoms with Crippen molar-refractivity contribution in [1.82, 2.24) is 0 Å². The fourth-order valence-corrected chi connectivity index (χ4v) is 4.72. The van der Waals surface area contributed by atoms with E-state index in [1.165, 1.54) is 57.8 Å². The van der Waals surface area contributed by atoms with Gasteiger partial charge in [0.2, 0.25) is 0 Å². The van der Waals surface area contributed by atoms with Gasteiger partial charge in [0.15, 0.2) is 0 Å². The highest BCUT2D eigenvalue weighted by Gasteiger charge is 2.35. The van der Waals surface area contributed by atoms with E-state index in [0.717, 1.165) is 23.7 Å². The molecule has 1 heteroatoms. The van der Waals surface area contributed by atoms with Gasteiger partial charge in [-0.1, -0.05) is 46.0 Å². The molecule has 0 heterocycles. The van der Waals surface area contributed by atoms with E-state index in [0.29, 0.717) is 5.38 Å². The first-order valence-corrected chi connectivity index (χ1v) is 8.28. The summed E-state index contributed by atoms with van der Waals surface area (Å²) in [6.07, 6.45) is 12.7. The van der Waals surface area contributed by atoms with E-state index in [2.05, 4.69) is 13.8 Å². The summed E-state index contributed by atoms with van der Waals surface area (Å²) in [4.78, 5) is 0. The lowest BCUT2D eigenvalue weighted by Crippen LogP contribution is -2.33. The van der Waals surface area contributed by atoms with Crippen LogP contribution in [0.15, 0.2) is 0 Å². The Morgan fingerprint density at radius 3 is 2.29 bits per heavy atom. The summed E-state index contributed by atoms with van der Waals surface area (Å²) in [6.45, 7) is 4.71. The van der Waals surface area contributed by atoms with Crippen LogP contribution in [0.3, 0.4) is 0 Å². The summed E-state index contributed by atoms with van der Waals surface area (Å²) < 4.78 is 0. The van der Waals surface area contributed by atoms with Gasteiger partial charge in [-0.3, -0.25) is 0 Å². The molecule has 2 aliphatic rings. The van der Waals surface area contributed by atoms with Crippen molar-refractivity contribution in [3.8, 4) is 0 Å². The Hall–Kier alpha value is 0.290. The quantitative estimate of drug-likeness (QED) is 0.574. The molecule has 0 nitrogen and oxygen atoms in total. The third kappa shape index (κ3) is 3.63. The first kappa shape index (κ1) is 13.7. The Bertz CT molecular complexity index is 218. The lowest BCUT2D eigenvalue weighted by molar-refractivity contribution is 0.151. The minimum atomic E-state index is 0.485. The average molecular weight is 257 g/mol. The molecule has 0 N–H and O–H groups in total. The first-order valence-electron chi connectivity index (χ1n) is 7.84. The summed E-state index contributed by atoms with van der Waals surface area (Å²) in [6, 6.07) is 0. The predicted octanol–water partition coefficient (Wildman–Crippen LogP) is 5.64. The van der Waals surface area contributed by atoms with Crippen LogP contribution in [-0.4, -0.2) is 5.38 Å². The van der Waals surface area contributed by atoms with E-state index in [-0.39, 0.29) is 0 Å². The lowest BCUT2D eigenvalue weighted by Gasteiger charge is -2.40.